The normalized spacial score (nSPS) is 28.9. The molecule has 0 saturated heterocycles. The molecule has 0 aromatic carbocycles. The first-order valence-corrected chi connectivity index (χ1v) is 9.77. The van der Waals surface area contributed by atoms with Crippen LogP contribution < -0.4 is 5.73 Å². The highest BCUT2D eigenvalue weighted by Crippen LogP contribution is 2.57. The Balaban J connectivity index is 1.45. The molecule has 172 valence electrons. The number of ether oxygens (including phenoxy) is 2. The number of hydrogen-bond acceptors (Lipinski definition) is 9. The van der Waals surface area contributed by atoms with Gasteiger partial charge in [-0.15, -0.1) is 0 Å². The average molecular weight is 455 g/mol. The minimum absolute atomic E-state index is 0.110. The van der Waals surface area contributed by atoms with Gasteiger partial charge in [-0.05, 0) is 31.4 Å². The number of aliphatic hydroxyl groups excluding tert-OH is 2. The number of anilines is 1. The van der Waals surface area contributed by atoms with Gasteiger partial charge in [-0.1, -0.05) is 0 Å². The van der Waals surface area contributed by atoms with E-state index in [9.17, 15) is 33.4 Å². The monoisotopic (exact) mass is 455 g/mol. The van der Waals surface area contributed by atoms with Crippen molar-refractivity contribution in [3.8, 4) is 6.07 Å². The van der Waals surface area contributed by atoms with Gasteiger partial charge in [0.2, 0.25) is 0 Å². The fourth-order valence-electron chi connectivity index (χ4n) is 4.15. The van der Waals surface area contributed by atoms with E-state index in [1.165, 1.54) is 16.9 Å². The van der Waals surface area contributed by atoms with Gasteiger partial charge >= 0.3 is 12.3 Å². The van der Waals surface area contributed by atoms with Crippen LogP contribution >= 0.6 is 0 Å². The number of halogens is 3. The van der Waals surface area contributed by atoms with Crippen LogP contribution in [-0.4, -0.2) is 62.6 Å². The summed E-state index contributed by atoms with van der Waals surface area (Å²) in [5.74, 6) is -0.721. The molecule has 2 aliphatic carbocycles. The molecule has 2 fully saturated rings. The number of nitrogen functional groups attached to an aromatic ring is 1. The molecule has 0 amide bonds. The SMILES string of the molecule is N#C[C@@]1(c2ccc3c(N)ncnn23)C[C@H](COC(=O)OCC2(C(F)(F)F)CC2)[C@@H](O)[C@H]1O. The van der Waals surface area contributed by atoms with Crippen molar-refractivity contribution in [2.75, 3.05) is 18.9 Å². The molecule has 2 aromatic heterocycles. The number of carbonyl (C=O) groups excluding carboxylic acids is 1. The molecule has 13 heteroatoms. The Hall–Kier alpha value is -3.11. The Kier molecular flexibility index (Phi) is 5.17. The standard InChI is InChI=1S/C19H20F3N5O5/c20-19(21,22)17(3-4-17)8-32-16(30)31-6-10-5-18(7-23,14(29)13(10)28)12-2-1-11-15(24)25-9-26-27(11)12/h1-2,9-10,13-14,28-29H,3-6,8H2,(H2,24,25,26)/t10-,13-,14-,18-/m1/s1. The van der Waals surface area contributed by atoms with Gasteiger partial charge in [0.15, 0.2) is 5.82 Å². The summed E-state index contributed by atoms with van der Waals surface area (Å²) < 4.78 is 49.6. The molecule has 32 heavy (non-hydrogen) atoms. The lowest BCUT2D eigenvalue weighted by molar-refractivity contribution is -0.198. The molecule has 4 N–H and O–H groups in total. The van der Waals surface area contributed by atoms with Crippen molar-refractivity contribution in [2.24, 2.45) is 11.3 Å². The Morgan fingerprint density at radius 1 is 1.34 bits per heavy atom. The summed E-state index contributed by atoms with van der Waals surface area (Å²) in [5, 5.41) is 35.1. The Morgan fingerprint density at radius 2 is 2.06 bits per heavy atom. The van der Waals surface area contributed by atoms with E-state index >= 15 is 0 Å². The summed E-state index contributed by atoms with van der Waals surface area (Å²) in [6, 6.07) is 5.13. The first-order valence-electron chi connectivity index (χ1n) is 9.77. The summed E-state index contributed by atoms with van der Waals surface area (Å²) >= 11 is 0. The Bertz CT molecular complexity index is 1080. The van der Waals surface area contributed by atoms with Crippen LogP contribution in [0.3, 0.4) is 0 Å². The van der Waals surface area contributed by atoms with Crippen LogP contribution in [0.5, 0.6) is 0 Å². The number of nitrogens with zero attached hydrogens (tertiary/aromatic N) is 4. The molecule has 2 saturated carbocycles. The van der Waals surface area contributed by atoms with Crippen LogP contribution in [0.1, 0.15) is 25.0 Å². The van der Waals surface area contributed by atoms with Crippen LogP contribution in [0.15, 0.2) is 18.5 Å². The fourth-order valence-corrected chi connectivity index (χ4v) is 4.15. The van der Waals surface area contributed by atoms with Crippen molar-refractivity contribution in [1.82, 2.24) is 14.6 Å². The van der Waals surface area contributed by atoms with Crippen LogP contribution in [0.4, 0.5) is 23.8 Å². The molecule has 10 nitrogen and oxygen atoms in total. The summed E-state index contributed by atoms with van der Waals surface area (Å²) in [7, 11) is 0. The topological polar surface area (TPSA) is 156 Å². The molecule has 0 unspecified atom stereocenters. The maximum absolute atomic E-state index is 12.9. The van der Waals surface area contributed by atoms with Crippen molar-refractivity contribution in [3.05, 3.63) is 24.2 Å². The van der Waals surface area contributed by atoms with E-state index in [2.05, 4.69) is 14.8 Å². The highest BCUT2D eigenvalue weighted by Gasteiger charge is 2.64. The molecule has 0 radical (unpaired) electrons. The van der Waals surface area contributed by atoms with E-state index < -0.39 is 54.5 Å². The van der Waals surface area contributed by atoms with Gasteiger partial charge in [-0.25, -0.2) is 14.3 Å². The molecule has 2 heterocycles. The minimum Gasteiger partial charge on any atom is -0.434 e. The summed E-state index contributed by atoms with van der Waals surface area (Å²) in [6.07, 6.45) is -7.96. The Morgan fingerprint density at radius 3 is 2.69 bits per heavy atom. The lowest BCUT2D eigenvalue weighted by Gasteiger charge is -2.25. The molecule has 4 atom stereocenters. The molecular formula is C19H20F3N5O5. The van der Waals surface area contributed by atoms with E-state index in [1.54, 1.807) is 6.07 Å². The van der Waals surface area contributed by atoms with Crippen LogP contribution in [0, 0.1) is 22.7 Å². The number of nitrogens with two attached hydrogens (primary N) is 1. The largest absolute Gasteiger partial charge is 0.508 e. The number of aliphatic hydroxyl groups is 2. The van der Waals surface area contributed by atoms with E-state index in [-0.39, 0.29) is 30.8 Å². The van der Waals surface area contributed by atoms with Crippen LogP contribution in [0.25, 0.3) is 5.52 Å². The summed E-state index contributed by atoms with van der Waals surface area (Å²) in [4.78, 5) is 15.7. The van der Waals surface area contributed by atoms with Crippen molar-refractivity contribution < 1.29 is 37.7 Å². The predicted octanol–water partition coefficient (Wildman–Crippen LogP) is 1.31. The average Bonchev–Trinajstić information content (AvgIpc) is 3.37. The number of fused-ring (bicyclic) bond motifs is 1. The molecule has 2 aromatic rings. The fraction of sp³-hybridized carbons (Fsp3) is 0.579. The maximum Gasteiger partial charge on any atom is 0.508 e. The summed E-state index contributed by atoms with van der Waals surface area (Å²) in [6.45, 7) is -1.30. The highest BCUT2D eigenvalue weighted by atomic mass is 19.4. The van der Waals surface area contributed by atoms with Crippen molar-refractivity contribution in [1.29, 1.82) is 5.26 Å². The second-order valence-electron chi connectivity index (χ2n) is 8.27. The first kappa shape index (κ1) is 22.1. The van der Waals surface area contributed by atoms with E-state index in [4.69, 9.17) is 10.5 Å². The lowest BCUT2D eigenvalue weighted by Crippen LogP contribution is -2.40. The van der Waals surface area contributed by atoms with Gasteiger partial charge in [-0.3, -0.25) is 0 Å². The zero-order chi connectivity index (χ0) is 23.3. The van der Waals surface area contributed by atoms with Gasteiger partial charge in [0.05, 0.1) is 17.9 Å². The first-order chi connectivity index (χ1) is 15.0. The number of carbonyl (C=O) groups is 1. The van der Waals surface area contributed by atoms with Crippen molar-refractivity contribution in [2.45, 2.75) is 43.1 Å². The number of nitriles is 1. The molecule has 4 rings (SSSR count). The predicted molar refractivity (Wildman–Crippen MR) is 99.8 cm³/mol. The third-order valence-electron chi connectivity index (χ3n) is 6.37. The van der Waals surface area contributed by atoms with E-state index in [1.807, 2.05) is 6.07 Å². The number of aromatic nitrogens is 3. The van der Waals surface area contributed by atoms with Gasteiger partial charge in [0, 0.05) is 5.92 Å². The van der Waals surface area contributed by atoms with Crippen LogP contribution in [-0.2, 0) is 14.9 Å². The summed E-state index contributed by atoms with van der Waals surface area (Å²) in [5.41, 5.74) is 2.85. The lowest BCUT2D eigenvalue weighted by atomic mass is 9.81. The van der Waals surface area contributed by atoms with E-state index in [0.29, 0.717) is 5.52 Å². The molecular weight excluding hydrogens is 435 g/mol. The Labute approximate surface area is 179 Å². The number of rotatable bonds is 5. The molecule has 0 aliphatic heterocycles. The quantitative estimate of drug-likeness (QED) is 0.566. The van der Waals surface area contributed by atoms with Gasteiger partial charge in [-0.2, -0.15) is 23.5 Å². The molecule has 0 spiro atoms. The molecule has 2 aliphatic rings. The maximum atomic E-state index is 12.9. The smallest absolute Gasteiger partial charge is 0.434 e. The third-order valence-corrected chi connectivity index (χ3v) is 6.37. The van der Waals surface area contributed by atoms with Crippen LogP contribution in [0.2, 0.25) is 0 Å². The second-order valence-corrected chi connectivity index (χ2v) is 8.27. The van der Waals surface area contributed by atoms with Crippen molar-refractivity contribution >= 4 is 17.5 Å². The third kappa shape index (κ3) is 3.39. The van der Waals surface area contributed by atoms with E-state index in [0.717, 1.165) is 0 Å². The second kappa shape index (κ2) is 7.49. The van der Waals surface area contributed by atoms with Gasteiger partial charge in [0.1, 0.15) is 42.0 Å². The van der Waals surface area contributed by atoms with Crippen molar-refractivity contribution in [3.63, 3.8) is 0 Å². The minimum atomic E-state index is -4.47. The molecule has 0 bridgehead atoms. The highest BCUT2D eigenvalue weighted by molar-refractivity contribution is 5.66. The zero-order valence-electron chi connectivity index (χ0n) is 16.6. The zero-order valence-corrected chi connectivity index (χ0v) is 16.6. The van der Waals surface area contributed by atoms with Gasteiger partial charge in [0.25, 0.3) is 0 Å². The van der Waals surface area contributed by atoms with Gasteiger partial charge < -0.3 is 25.4 Å². The number of alkyl halides is 3. The number of hydrogen-bond donors (Lipinski definition) is 3.